The average molecular weight is 676 g/mol. The summed E-state index contributed by atoms with van der Waals surface area (Å²) in [4.78, 5) is 17.1. The fraction of sp³-hybridized carbons (Fsp3) is 0.0500. The number of nitrogens with zero attached hydrogens (tertiary/aromatic N) is 5. The monoisotopic (exact) mass is 675 g/mol. The molecule has 0 aliphatic carbocycles. The topological polar surface area (TPSA) is 78.3 Å². The zero-order valence-electron chi connectivity index (χ0n) is 26.4. The van der Waals surface area contributed by atoms with Crippen molar-refractivity contribution in [1.82, 2.24) is 19.2 Å². The van der Waals surface area contributed by atoms with Gasteiger partial charge in [-0.15, -0.1) is 23.1 Å². The highest BCUT2D eigenvalue weighted by Gasteiger charge is 2.40. The summed E-state index contributed by atoms with van der Waals surface area (Å²) in [5, 5.41) is 17.0. The zero-order valence-corrected chi connectivity index (χ0v) is 28.0. The lowest BCUT2D eigenvalue weighted by Gasteiger charge is -2.36. The smallest absolute Gasteiger partial charge is 0.269 e. The third kappa shape index (κ3) is 5.33. The predicted octanol–water partition coefficient (Wildman–Crippen LogP) is 10.1. The van der Waals surface area contributed by atoms with Crippen LogP contribution in [-0.4, -0.2) is 30.3 Å². The van der Waals surface area contributed by atoms with Gasteiger partial charge in [0.05, 0.1) is 25.9 Å². The second-order valence-corrected chi connectivity index (χ2v) is 13.8. The van der Waals surface area contributed by atoms with E-state index in [2.05, 4.69) is 119 Å². The van der Waals surface area contributed by atoms with Gasteiger partial charge in [-0.3, -0.25) is 19.2 Å². The normalized spacial score (nSPS) is 11.6. The molecule has 0 N–H and O–H groups in total. The summed E-state index contributed by atoms with van der Waals surface area (Å²) in [5.41, 5.74) is 7.50. The van der Waals surface area contributed by atoms with Crippen LogP contribution in [0.2, 0.25) is 0 Å². The van der Waals surface area contributed by atoms with Crippen molar-refractivity contribution in [2.45, 2.75) is 9.75 Å². The summed E-state index contributed by atoms with van der Waals surface area (Å²) in [6, 6.07) is 46.2. The lowest BCUT2D eigenvalue weighted by molar-refractivity contribution is -0.384. The van der Waals surface area contributed by atoms with Crippen LogP contribution < -0.4 is 0 Å². The number of hydrogen-bond donors (Lipinski definition) is 0. The van der Waals surface area contributed by atoms with E-state index >= 15 is 0 Å². The highest BCUT2D eigenvalue weighted by atomic mass is 32.2. The number of aromatic nitrogens is 4. The van der Waals surface area contributed by atoms with Gasteiger partial charge in [-0.1, -0.05) is 91.0 Å². The van der Waals surface area contributed by atoms with Gasteiger partial charge < -0.3 is 0 Å². The van der Waals surface area contributed by atoms with Gasteiger partial charge in [0, 0.05) is 41.2 Å². The molecule has 4 aromatic heterocycles. The first-order chi connectivity index (χ1) is 24.1. The number of thiophene rings is 1. The second kappa shape index (κ2) is 12.7. The van der Waals surface area contributed by atoms with Crippen molar-refractivity contribution in [2.75, 3.05) is 6.26 Å². The summed E-state index contributed by atoms with van der Waals surface area (Å²) >= 11 is 3.47. The van der Waals surface area contributed by atoms with Crippen molar-refractivity contribution in [1.29, 1.82) is 0 Å². The van der Waals surface area contributed by atoms with Gasteiger partial charge in [-0.05, 0) is 59.3 Å². The number of nitro benzene ring substituents is 1. The number of hydrogen-bond acceptors (Lipinski definition) is 6. The number of imidazole rings is 1. The van der Waals surface area contributed by atoms with Crippen molar-refractivity contribution in [3.63, 3.8) is 0 Å². The lowest BCUT2D eigenvalue weighted by atomic mass is 9.77. The number of fused-ring (bicyclic) bond motifs is 1. The van der Waals surface area contributed by atoms with Crippen LogP contribution in [0.3, 0.4) is 0 Å². The largest absolute Gasteiger partial charge is 0.298 e. The molecule has 0 fully saturated rings. The van der Waals surface area contributed by atoms with Crippen LogP contribution in [0.1, 0.15) is 16.7 Å². The summed E-state index contributed by atoms with van der Waals surface area (Å²) in [5.74, 6) is 0. The van der Waals surface area contributed by atoms with E-state index in [9.17, 15) is 10.1 Å². The van der Waals surface area contributed by atoms with Gasteiger partial charge in [-0.25, -0.2) is 4.98 Å². The lowest BCUT2D eigenvalue weighted by Crippen LogP contribution is -2.38. The molecular formula is C40H29N5O2S2. The Hall–Kier alpha value is -5.77. The molecular weight excluding hydrogens is 647 g/mol. The Morgan fingerprint density at radius 1 is 0.714 bits per heavy atom. The Balaban J connectivity index is 1.42. The van der Waals surface area contributed by atoms with E-state index in [4.69, 9.17) is 10.1 Å². The number of rotatable bonds is 9. The van der Waals surface area contributed by atoms with Gasteiger partial charge in [0.1, 0.15) is 16.9 Å². The quantitative estimate of drug-likeness (QED) is 0.0659. The minimum atomic E-state index is -0.840. The molecule has 0 spiro atoms. The van der Waals surface area contributed by atoms with Crippen LogP contribution in [0.15, 0.2) is 162 Å². The molecule has 0 radical (unpaired) electrons. The molecule has 7 nitrogen and oxygen atoms in total. The second-order valence-electron chi connectivity index (χ2n) is 11.6. The Bertz CT molecular complexity index is 2300. The minimum Gasteiger partial charge on any atom is -0.298 e. The van der Waals surface area contributed by atoms with Gasteiger partial charge in [0.15, 0.2) is 0 Å². The summed E-state index contributed by atoms with van der Waals surface area (Å²) in [6.07, 6.45) is 8.22. The highest BCUT2D eigenvalue weighted by Crippen LogP contribution is 2.43. The Morgan fingerprint density at radius 2 is 1.31 bits per heavy atom. The van der Waals surface area contributed by atoms with Crippen LogP contribution in [0.25, 0.3) is 38.6 Å². The highest BCUT2D eigenvalue weighted by molar-refractivity contribution is 8.00. The van der Waals surface area contributed by atoms with Crippen molar-refractivity contribution >= 4 is 34.4 Å². The van der Waals surface area contributed by atoms with E-state index in [1.165, 1.54) is 16.3 Å². The van der Waals surface area contributed by atoms with Crippen molar-refractivity contribution in [3.8, 4) is 33.0 Å². The van der Waals surface area contributed by atoms with Crippen LogP contribution in [-0.2, 0) is 5.54 Å². The molecule has 4 aromatic carbocycles. The molecule has 49 heavy (non-hydrogen) atoms. The number of pyridine rings is 1. The van der Waals surface area contributed by atoms with E-state index in [0.29, 0.717) is 5.69 Å². The Labute approximate surface area is 291 Å². The molecule has 0 amide bonds. The first-order valence-electron chi connectivity index (χ1n) is 15.7. The number of nitro groups is 1. The molecule has 0 aliphatic rings. The molecule has 8 aromatic rings. The molecule has 4 heterocycles. The van der Waals surface area contributed by atoms with Crippen LogP contribution in [0.5, 0.6) is 0 Å². The fourth-order valence-corrected chi connectivity index (χ4v) is 8.09. The molecule has 0 aliphatic heterocycles. The average Bonchev–Trinajstić information content (AvgIpc) is 3.92. The molecule has 0 atom stereocenters. The third-order valence-electron chi connectivity index (χ3n) is 8.84. The maximum atomic E-state index is 11.6. The van der Waals surface area contributed by atoms with Crippen molar-refractivity contribution in [3.05, 3.63) is 185 Å². The van der Waals surface area contributed by atoms with Crippen molar-refractivity contribution in [2.24, 2.45) is 0 Å². The minimum absolute atomic E-state index is 0.0296. The summed E-state index contributed by atoms with van der Waals surface area (Å²) in [7, 11) is 0. The van der Waals surface area contributed by atoms with Gasteiger partial charge in [0.2, 0.25) is 0 Å². The zero-order chi connectivity index (χ0) is 33.4. The number of benzene rings is 4. The SMILES string of the molecule is CSc1ccc(-c2cnc3ccc(-c4cn(C(c5ccccc5)(c5ccccc5)c5ccccc5)nc4-c4ccc([N+](=O)[O-])cc4)cn23)s1. The molecule has 0 saturated carbocycles. The summed E-state index contributed by atoms with van der Waals surface area (Å²) in [6.45, 7) is 0. The molecule has 0 unspecified atom stereocenters. The van der Waals surface area contributed by atoms with Crippen molar-refractivity contribution < 1.29 is 4.92 Å². The number of thioether (sulfide) groups is 1. The molecule has 8 rings (SSSR count). The maximum Gasteiger partial charge on any atom is 0.269 e. The van der Waals surface area contributed by atoms with Gasteiger partial charge >= 0.3 is 0 Å². The molecule has 9 heteroatoms. The van der Waals surface area contributed by atoms with E-state index in [1.54, 1.807) is 35.2 Å². The summed E-state index contributed by atoms with van der Waals surface area (Å²) < 4.78 is 5.42. The van der Waals surface area contributed by atoms with E-state index < -0.39 is 5.54 Å². The van der Waals surface area contributed by atoms with Crippen LogP contribution >= 0.6 is 23.1 Å². The Morgan fingerprint density at radius 3 is 1.86 bits per heavy atom. The Kier molecular flexibility index (Phi) is 7.91. The van der Waals surface area contributed by atoms with E-state index in [-0.39, 0.29) is 10.6 Å². The van der Waals surface area contributed by atoms with E-state index in [1.807, 2.05) is 30.5 Å². The fourth-order valence-electron chi connectivity index (χ4n) is 6.54. The maximum absolute atomic E-state index is 11.6. The first kappa shape index (κ1) is 30.6. The van der Waals surface area contributed by atoms with Crippen LogP contribution in [0, 0.1) is 10.1 Å². The van der Waals surface area contributed by atoms with Gasteiger partial charge in [-0.2, -0.15) is 5.10 Å². The molecule has 0 bridgehead atoms. The molecule has 238 valence electrons. The first-order valence-corrected chi connectivity index (χ1v) is 17.7. The number of non-ortho nitro benzene ring substituents is 1. The van der Waals surface area contributed by atoms with E-state index in [0.717, 1.165) is 49.6 Å². The standard InChI is InChI=1S/C40H29N5O2S2/c1-48-38-24-22-36(49-38)35-25-41-37-23-19-29(26-43(35)37)34-27-44(42-39(34)28-17-20-33(21-18-28)45(46)47)40(30-11-5-2-6-12-30,31-13-7-3-8-14-31)32-15-9-4-10-16-32/h2-27H,1H3. The van der Waals surface area contributed by atoms with Crippen LogP contribution in [0.4, 0.5) is 5.69 Å². The van der Waals surface area contributed by atoms with Gasteiger partial charge in [0.25, 0.3) is 5.69 Å². The molecule has 0 saturated heterocycles. The predicted molar refractivity (Wildman–Crippen MR) is 198 cm³/mol. The third-order valence-corrected chi connectivity index (χ3v) is 11.0.